The van der Waals surface area contributed by atoms with Gasteiger partial charge in [0, 0.05) is 19.7 Å². The van der Waals surface area contributed by atoms with Gasteiger partial charge >= 0.3 is 6.09 Å². The first-order valence-electron chi connectivity index (χ1n) is 8.01. The number of ether oxygens (including phenoxy) is 2. The second-order valence-electron chi connectivity index (χ2n) is 7.41. The molecule has 2 atom stereocenters. The average Bonchev–Trinajstić information content (AvgIpc) is 2.83. The molecule has 0 aromatic heterocycles. The third-order valence-corrected chi connectivity index (χ3v) is 4.70. The molecule has 1 amide bonds. The smallest absolute Gasteiger partial charge is 0.410 e. The molecule has 5 heteroatoms. The Bertz CT molecular complexity index is 380. The topological polar surface area (TPSA) is 42.0 Å². The monoisotopic (exact) mass is 298 g/mol. The van der Waals surface area contributed by atoms with Crippen molar-refractivity contribution < 1.29 is 14.3 Å². The number of nitrogens with zero attached hydrogens (tertiary/aromatic N) is 2. The maximum Gasteiger partial charge on any atom is 0.410 e. The van der Waals surface area contributed by atoms with Crippen LogP contribution in [0.5, 0.6) is 0 Å². The van der Waals surface area contributed by atoms with Crippen LogP contribution in [0.2, 0.25) is 0 Å². The molecule has 0 aromatic carbocycles. The van der Waals surface area contributed by atoms with E-state index in [0.29, 0.717) is 19.1 Å². The number of hydrogen-bond donors (Lipinski definition) is 0. The van der Waals surface area contributed by atoms with Crippen LogP contribution in [0.15, 0.2) is 0 Å². The van der Waals surface area contributed by atoms with E-state index in [9.17, 15) is 4.79 Å². The van der Waals surface area contributed by atoms with E-state index in [2.05, 4.69) is 11.9 Å². The predicted molar refractivity (Wildman–Crippen MR) is 82.4 cm³/mol. The fraction of sp³-hybridized carbons (Fsp3) is 0.938. The predicted octanol–water partition coefficient (Wildman–Crippen LogP) is 2.50. The van der Waals surface area contributed by atoms with E-state index in [1.807, 2.05) is 20.8 Å². The van der Waals surface area contributed by atoms with Gasteiger partial charge in [-0.2, -0.15) is 0 Å². The van der Waals surface area contributed by atoms with Gasteiger partial charge in [0.05, 0.1) is 6.54 Å². The zero-order valence-corrected chi connectivity index (χ0v) is 14.1. The maximum absolute atomic E-state index is 12.3. The molecule has 2 fully saturated rings. The standard InChI is InChI=1S/C16H30N2O3/c1-15(2,3)21-14(19)18-11-9-16(12-18,20-5)13-8-6-7-10-17(13)4/h13H,6-12H2,1-5H3. The summed E-state index contributed by atoms with van der Waals surface area (Å²) in [5.74, 6) is 0. The number of likely N-dealkylation sites (tertiary alicyclic amines) is 2. The van der Waals surface area contributed by atoms with Crippen molar-refractivity contribution in [3.8, 4) is 0 Å². The van der Waals surface area contributed by atoms with Crippen LogP contribution < -0.4 is 0 Å². The summed E-state index contributed by atoms with van der Waals surface area (Å²) in [6.07, 6.45) is 4.30. The van der Waals surface area contributed by atoms with E-state index in [-0.39, 0.29) is 11.7 Å². The van der Waals surface area contributed by atoms with Crippen molar-refractivity contribution in [2.45, 2.75) is 63.7 Å². The van der Waals surface area contributed by atoms with Crippen LogP contribution in [0.1, 0.15) is 46.5 Å². The number of likely N-dealkylation sites (N-methyl/N-ethyl adjacent to an activating group) is 1. The first-order valence-corrected chi connectivity index (χ1v) is 8.01. The highest BCUT2D eigenvalue weighted by atomic mass is 16.6. The number of hydrogen-bond acceptors (Lipinski definition) is 4. The average molecular weight is 298 g/mol. The molecule has 5 nitrogen and oxygen atoms in total. The molecule has 2 aliphatic rings. The summed E-state index contributed by atoms with van der Waals surface area (Å²) in [6, 6.07) is 0.392. The molecule has 2 heterocycles. The fourth-order valence-corrected chi connectivity index (χ4v) is 3.60. The van der Waals surface area contributed by atoms with Gasteiger partial charge in [0.1, 0.15) is 11.2 Å². The molecule has 0 radical (unpaired) electrons. The van der Waals surface area contributed by atoms with Crippen molar-refractivity contribution in [1.29, 1.82) is 0 Å². The van der Waals surface area contributed by atoms with E-state index in [0.717, 1.165) is 19.4 Å². The lowest BCUT2D eigenvalue weighted by molar-refractivity contribution is -0.0765. The Labute approximate surface area is 128 Å². The van der Waals surface area contributed by atoms with Crippen LogP contribution >= 0.6 is 0 Å². The maximum atomic E-state index is 12.3. The highest BCUT2D eigenvalue weighted by molar-refractivity contribution is 5.68. The molecule has 2 unspecified atom stereocenters. The summed E-state index contributed by atoms with van der Waals surface area (Å²) in [5.41, 5.74) is -0.691. The highest BCUT2D eigenvalue weighted by Crippen LogP contribution is 2.35. The lowest BCUT2D eigenvalue weighted by Gasteiger charge is -2.44. The van der Waals surface area contributed by atoms with Gasteiger partial charge in [0.25, 0.3) is 0 Å². The van der Waals surface area contributed by atoms with Gasteiger partial charge in [-0.1, -0.05) is 6.42 Å². The van der Waals surface area contributed by atoms with Crippen LogP contribution in [-0.2, 0) is 9.47 Å². The van der Waals surface area contributed by atoms with Crippen molar-refractivity contribution in [3.05, 3.63) is 0 Å². The third-order valence-electron chi connectivity index (χ3n) is 4.70. The summed E-state index contributed by atoms with van der Waals surface area (Å²) < 4.78 is 11.4. The van der Waals surface area contributed by atoms with E-state index < -0.39 is 5.60 Å². The molecule has 0 bridgehead atoms. The molecule has 2 aliphatic heterocycles. The molecule has 21 heavy (non-hydrogen) atoms. The second kappa shape index (κ2) is 6.13. The van der Waals surface area contributed by atoms with Gasteiger partial charge in [-0.25, -0.2) is 4.79 Å². The summed E-state index contributed by atoms with van der Waals surface area (Å²) in [4.78, 5) is 16.5. The Morgan fingerprint density at radius 1 is 1.24 bits per heavy atom. The molecule has 2 saturated heterocycles. The Morgan fingerprint density at radius 2 is 1.95 bits per heavy atom. The molecule has 0 aromatic rings. The number of amides is 1. The van der Waals surface area contributed by atoms with Crippen molar-refractivity contribution in [2.24, 2.45) is 0 Å². The van der Waals surface area contributed by atoms with Crippen molar-refractivity contribution >= 4 is 6.09 Å². The van der Waals surface area contributed by atoms with E-state index in [4.69, 9.17) is 9.47 Å². The summed E-state index contributed by atoms with van der Waals surface area (Å²) >= 11 is 0. The number of carbonyl (C=O) groups excluding carboxylic acids is 1. The fourth-order valence-electron chi connectivity index (χ4n) is 3.60. The normalized spacial score (nSPS) is 31.5. The van der Waals surface area contributed by atoms with Crippen LogP contribution in [0.25, 0.3) is 0 Å². The quantitative estimate of drug-likeness (QED) is 0.785. The molecule has 0 spiro atoms. The largest absolute Gasteiger partial charge is 0.444 e. The number of piperidine rings is 1. The molecule has 0 saturated carbocycles. The van der Waals surface area contributed by atoms with E-state index >= 15 is 0 Å². The van der Waals surface area contributed by atoms with Crippen LogP contribution in [0, 0.1) is 0 Å². The Hall–Kier alpha value is -0.810. The van der Waals surface area contributed by atoms with Gasteiger partial charge in [-0.15, -0.1) is 0 Å². The number of methoxy groups -OCH3 is 1. The minimum atomic E-state index is -0.447. The van der Waals surface area contributed by atoms with E-state index in [1.165, 1.54) is 12.8 Å². The Morgan fingerprint density at radius 3 is 2.52 bits per heavy atom. The van der Waals surface area contributed by atoms with Crippen molar-refractivity contribution in [1.82, 2.24) is 9.80 Å². The van der Waals surface area contributed by atoms with Crippen LogP contribution in [0.4, 0.5) is 4.79 Å². The second-order valence-corrected chi connectivity index (χ2v) is 7.41. The molecule has 122 valence electrons. The van der Waals surface area contributed by atoms with Crippen LogP contribution in [-0.4, -0.2) is 66.9 Å². The molecule has 2 rings (SSSR count). The Kier molecular flexibility index (Phi) is 4.83. The molecular weight excluding hydrogens is 268 g/mol. The Balaban J connectivity index is 2.05. The lowest BCUT2D eigenvalue weighted by Crippen LogP contribution is -2.56. The summed E-state index contributed by atoms with van der Waals surface area (Å²) in [5, 5.41) is 0. The van der Waals surface area contributed by atoms with Gasteiger partial charge < -0.3 is 19.3 Å². The van der Waals surface area contributed by atoms with Crippen molar-refractivity contribution in [2.75, 3.05) is 33.8 Å². The summed E-state index contributed by atoms with van der Waals surface area (Å²) in [7, 11) is 3.95. The zero-order valence-electron chi connectivity index (χ0n) is 14.1. The van der Waals surface area contributed by atoms with Gasteiger partial charge in [-0.3, -0.25) is 0 Å². The molecule has 0 aliphatic carbocycles. The SMILES string of the molecule is COC1(C2CCCCN2C)CCN(C(=O)OC(C)(C)C)C1. The minimum absolute atomic E-state index is 0.222. The first kappa shape index (κ1) is 16.6. The lowest BCUT2D eigenvalue weighted by atomic mass is 9.85. The zero-order chi connectivity index (χ0) is 15.7. The minimum Gasteiger partial charge on any atom is -0.444 e. The van der Waals surface area contributed by atoms with Gasteiger partial charge in [0.15, 0.2) is 0 Å². The van der Waals surface area contributed by atoms with Gasteiger partial charge in [-0.05, 0) is 53.6 Å². The number of carbonyl (C=O) groups is 1. The molecule has 0 N–H and O–H groups in total. The molecular formula is C16H30N2O3. The van der Waals surface area contributed by atoms with E-state index in [1.54, 1.807) is 12.0 Å². The third kappa shape index (κ3) is 3.69. The first-order chi connectivity index (χ1) is 9.77. The van der Waals surface area contributed by atoms with Crippen LogP contribution in [0.3, 0.4) is 0 Å². The number of rotatable bonds is 2. The van der Waals surface area contributed by atoms with Gasteiger partial charge in [0.2, 0.25) is 0 Å². The summed E-state index contributed by atoms with van der Waals surface area (Å²) in [6.45, 7) is 8.17. The van der Waals surface area contributed by atoms with Crippen molar-refractivity contribution in [3.63, 3.8) is 0 Å². The highest BCUT2D eigenvalue weighted by Gasteiger charge is 2.48.